The van der Waals surface area contributed by atoms with Crippen molar-refractivity contribution in [3.05, 3.63) is 0 Å². The van der Waals surface area contributed by atoms with Crippen molar-refractivity contribution in [2.45, 2.75) is 133 Å². The molecule has 2 saturated carbocycles. The molecule has 1 radical (unpaired) electrons. The first-order valence-corrected chi connectivity index (χ1v) is 11.7. The van der Waals surface area contributed by atoms with Gasteiger partial charge in [0.15, 0.2) is 0 Å². The molecule has 0 nitrogen and oxygen atoms in total. The molecule has 1 heteroatoms. The van der Waals surface area contributed by atoms with Gasteiger partial charge in [-0.05, 0) is 37.0 Å². The van der Waals surface area contributed by atoms with E-state index in [4.69, 9.17) is 0 Å². The van der Waals surface area contributed by atoms with Gasteiger partial charge in [-0.2, -0.15) is 0 Å². The van der Waals surface area contributed by atoms with Gasteiger partial charge in [0.05, 0.1) is 0 Å². The Morgan fingerprint density at radius 1 is 0.318 bits per heavy atom. The van der Waals surface area contributed by atoms with Crippen LogP contribution in [0.2, 0.25) is 0 Å². The smallest absolute Gasteiger partial charge is 0.0168 e. The van der Waals surface area contributed by atoms with Gasteiger partial charge in [0, 0.05) is 0 Å². The van der Waals surface area contributed by atoms with Gasteiger partial charge >= 0.3 is 0 Å². The summed E-state index contributed by atoms with van der Waals surface area (Å²) in [5.41, 5.74) is 2.10. The molecule has 0 heterocycles. The van der Waals surface area contributed by atoms with Crippen LogP contribution in [-0.4, -0.2) is 11.3 Å². The molecule has 2 aliphatic carbocycles. The fraction of sp³-hybridized carbons (Fsp3) is 1.00. The van der Waals surface area contributed by atoms with E-state index in [1.807, 2.05) is 8.58 Å². The largest absolute Gasteiger partial charge is 0.0741 e. The first kappa shape index (κ1) is 18.8. The second-order valence-corrected chi connectivity index (χ2v) is 9.67. The van der Waals surface area contributed by atoms with E-state index in [9.17, 15) is 0 Å². The first-order valence-electron chi connectivity index (χ1n) is 10.6. The van der Waals surface area contributed by atoms with Crippen molar-refractivity contribution in [3.8, 4) is 0 Å². The van der Waals surface area contributed by atoms with Crippen LogP contribution < -0.4 is 0 Å². The van der Waals surface area contributed by atoms with E-state index < -0.39 is 0 Å². The van der Waals surface area contributed by atoms with Gasteiger partial charge in [0.2, 0.25) is 0 Å². The van der Waals surface area contributed by atoms with E-state index in [0.717, 1.165) is 11.3 Å². The van der Waals surface area contributed by atoms with Crippen LogP contribution >= 0.6 is 8.58 Å². The molecule has 0 amide bonds. The van der Waals surface area contributed by atoms with Gasteiger partial charge < -0.3 is 0 Å². The molecule has 0 spiro atoms. The van der Waals surface area contributed by atoms with Gasteiger partial charge in [0.25, 0.3) is 0 Å². The molecule has 129 valence electrons. The van der Waals surface area contributed by atoms with Gasteiger partial charge in [0.1, 0.15) is 0 Å². The molecule has 0 aromatic rings. The molecule has 0 aromatic heterocycles. The van der Waals surface area contributed by atoms with Crippen molar-refractivity contribution in [1.82, 2.24) is 0 Å². The summed E-state index contributed by atoms with van der Waals surface area (Å²) in [6.45, 7) is 0. The van der Waals surface area contributed by atoms with E-state index in [0.29, 0.717) is 0 Å². The monoisotopic (exact) mass is 323 g/mol. The van der Waals surface area contributed by atoms with E-state index in [1.165, 1.54) is 122 Å². The molecule has 0 bridgehead atoms. The Balaban J connectivity index is 1.74. The Hall–Kier alpha value is 0.430. The highest BCUT2D eigenvalue weighted by Gasteiger charge is 2.18. The van der Waals surface area contributed by atoms with Crippen LogP contribution in [-0.2, 0) is 0 Å². The lowest BCUT2D eigenvalue weighted by atomic mass is 10.0. The molecular weight excluding hydrogens is 283 g/mol. The predicted molar refractivity (Wildman–Crippen MR) is 102 cm³/mol. The molecule has 0 N–H and O–H groups in total. The summed E-state index contributed by atoms with van der Waals surface area (Å²) in [6, 6.07) is 0. The Morgan fingerprint density at radius 3 is 0.818 bits per heavy atom. The molecule has 2 rings (SSSR count). The lowest BCUT2D eigenvalue weighted by molar-refractivity contribution is 0.506. The maximum absolute atomic E-state index is 1.86. The topological polar surface area (TPSA) is 0 Å². The lowest BCUT2D eigenvalue weighted by Crippen LogP contribution is -2.10. The normalized spacial score (nSPS) is 26.7. The van der Waals surface area contributed by atoms with Crippen LogP contribution in [0.25, 0.3) is 0 Å². The van der Waals surface area contributed by atoms with Crippen LogP contribution in [0.1, 0.15) is 122 Å². The zero-order valence-corrected chi connectivity index (χ0v) is 15.9. The maximum atomic E-state index is 1.86. The average Bonchev–Trinajstić information content (AvgIpc) is 2.64. The van der Waals surface area contributed by atoms with E-state index in [-0.39, 0.29) is 0 Å². The fourth-order valence-corrected chi connectivity index (χ4v) is 6.27. The average molecular weight is 324 g/mol. The molecule has 0 aromatic carbocycles. The van der Waals surface area contributed by atoms with Crippen molar-refractivity contribution in [2.75, 3.05) is 0 Å². The molecule has 0 atom stereocenters. The zero-order valence-electron chi connectivity index (χ0n) is 15.0. The number of rotatable bonds is 2. The summed E-state index contributed by atoms with van der Waals surface area (Å²) >= 11 is 0. The van der Waals surface area contributed by atoms with Gasteiger partial charge in [-0.3, -0.25) is 0 Å². The maximum Gasteiger partial charge on any atom is -0.0168 e. The predicted octanol–water partition coefficient (Wildman–Crippen LogP) is 8.11. The minimum Gasteiger partial charge on any atom is -0.0741 e. The summed E-state index contributed by atoms with van der Waals surface area (Å²) in [5, 5.41) is 0. The molecule has 0 unspecified atom stereocenters. The van der Waals surface area contributed by atoms with Crippen LogP contribution in [0, 0.1) is 0 Å². The summed E-state index contributed by atoms with van der Waals surface area (Å²) < 4.78 is 0. The molecular formula is C21H40P. The summed E-state index contributed by atoms with van der Waals surface area (Å²) in [5.74, 6) is 0. The first-order chi connectivity index (χ1) is 10.9. The van der Waals surface area contributed by atoms with Crippen molar-refractivity contribution in [2.24, 2.45) is 0 Å². The highest BCUT2D eigenvalue weighted by Crippen LogP contribution is 2.39. The minimum absolute atomic E-state index is 1.05. The highest BCUT2D eigenvalue weighted by molar-refractivity contribution is 7.39. The third-order valence-corrected chi connectivity index (χ3v) is 7.70. The standard InChI is InChI=1S/C21H40P/c1-2-4-8-12-16-20(17-13-9-5-3-1)22-21-18-14-10-6-7-11-15-19-21/h20-21H,1-19H2. The highest BCUT2D eigenvalue weighted by atomic mass is 31.1. The molecule has 0 aliphatic heterocycles. The van der Waals surface area contributed by atoms with Crippen LogP contribution in [0.15, 0.2) is 0 Å². The molecule has 22 heavy (non-hydrogen) atoms. The summed E-state index contributed by atoms with van der Waals surface area (Å²) in [4.78, 5) is 0. The number of hydrogen-bond acceptors (Lipinski definition) is 0. The number of hydrogen-bond donors (Lipinski definition) is 0. The van der Waals surface area contributed by atoms with Crippen molar-refractivity contribution < 1.29 is 0 Å². The second kappa shape index (κ2) is 12.8. The third kappa shape index (κ3) is 8.90. The lowest BCUT2D eigenvalue weighted by Gasteiger charge is -2.23. The quantitative estimate of drug-likeness (QED) is 0.450. The Kier molecular flexibility index (Phi) is 10.9. The van der Waals surface area contributed by atoms with Gasteiger partial charge in [-0.1, -0.05) is 105 Å². The fourth-order valence-electron chi connectivity index (χ4n) is 4.35. The molecule has 0 saturated heterocycles. The Morgan fingerprint density at radius 2 is 0.545 bits per heavy atom. The minimum atomic E-state index is 1.05. The van der Waals surface area contributed by atoms with Gasteiger partial charge in [-0.15, -0.1) is 0 Å². The molecule has 2 aliphatic rings. The van der Waals surface area contributed by atoms with Crippen LogP contribution in [0.4, 0.5) is 0 Å². The van der Waals surface area contributed by atoms with Crippen LogP contribution in [0.5, 0.6) is 0 Å². The SMILES string of the molecule is C1CCCCCC([P]C2CCCCCCCC2)CCCCC1. The zero-order chi connectivity index (χ0) is 15.3. The van der Waals surface area contributed by atoms with Crippen molar-refractivity contribution in [1.29, 1.82) is 0 Å². The Bertz CT molecular complexity index is 228. The van der Waals surface area contributed by atoms with Crippen molar-refractivity contribution >= 4 is 8.58 Å². The van der Waals surface area contributed by atoms with E-state index in [1.54, 1.807) is 0 Å². The Labute approximate surface area is 142 Å². The summed E-state index contributed by atoms with van der Waals surface area (Å²) in [6.07, 6.45) is 28.8. The third-order valence-electron chi connectivity index (χ3n) is 5.82. The van der Waals surface area contributed by atoms with E-state index in [2.05, 4.69) is 0 Å². The molecule has 2 fully saturated rings. The van der Waals surface area contributed by atoms with E-state index >= 15 is 0 Å². The van der Waals surface area contributed by atoms with Crippen LogP contribution in [0.3, 0.4) is 0 Å². The summed E-state index contributed by atoms with van der Waals surface area (Å²) in [7, 11) is 1.86. The van der Waals surface area contributed by atoms with Crippen molar-refractivity contribution in [3.63, 3.8) is 0 Å². The van der Waals surface area contributed by atoms with Gasteiger partial charge in [-0.25, -0.2) is 0 Å². The second-order valence-electron chi connectivity index (χ2n) is 7.91.